The molecule has 1 spiro atoms. The van der Waals surface area contributed by atoms with E-state index in [1.165, 1.54) is 18.4 Å². The summed E-state index contributed by atoms with van der Waals surface area (Å²) < 4.78 is 46.8. The highest BCUT2D eigenvalue weighted by molar-refractivity contribution is 5.94. The van der Waals surface area contributed by atoms with Crippen molar-refractivity contribution in [3.63, 3.8) is 0 Å². The number of carbonyl (C=O) groups is 1. The Bertz CT molecular complexity index is 957. The number of benzene rings is 1. The first kappa shape index (κ1) is 23.6. The number of hydrogen-bond acceptors (Lipinski definition) is 7. The fourth-order valence-electron chi connectivity index (χ4n) is 4.14. The first-order valence-corrected chi connectivity index (χ1v) is 11.1. The summed E-state index contributed by atoms with van der Waals surface area (Å²) >= 11 is 0. The number of ether oxygens (including phenoxy) is 3. The van der Waals surface area contributed by atoms with Crippen LogP contribution < -0.4 is 10.1 Å². The summed E-state index contributed by atoms with van der Waals surface area (Å²) in [6, 6.07) is 3.96. The summed E-state index contributed by atoms with van der Waals surface area (Å²) in [7, 11) is 0. The average molecular weight is 465 g/mol. The van der Waals surface area contributed by atoms with Gasteiger partial charge in [0.1, 0.15) is 30.4 Å². The van der Waals surface area contributed by atoms with Crippen molar-refractivity contribution >= 4 is 11.6 Å². The van der Waals surface area contributed by atoms with E-state index in [-0.39, 0.29) is 23.9 Å². The molecular weight excluding hydrogens is 436 g/mol. The van der Waals surface area contributed by atoms with Crippen molar-refractivity contribution in [2.75, 3.05) is 44.8 Å². The lowest BCUT2D eigenvalue weighted by atomic mass is 9.78. The summed E-state index contributed by atoms with van der Waals surface area (Å²) in [6.45, 7) is 8.58. The lowest BCUT2D eigenvalue weighted by molar-refractivity contribution is -0.189. The highest BCUT2D eigenvalue weighted by Gasteiger charge is 2.48. The average Bonchev–Trinajstić information content (AvgIpc) is 3.34. The minimum Gasteiger partial charge on any atom is -0.489 e. The number of rotatable bonds is 6. The Labute approximate surface area is 191 Å². The minimum absolute atomic E-state index is 0.0165. The highest BCUT2D eigenvalue weighted by Crippen LogP contribution is 2.37. The second-order valence-corrected chi connectivity index (χ2v) is 8.92. The second-order valence-electron chi connectivity index (χ2n) is 8.92. The summed E-state index contributed by atoms with van der Waals surface area (Å²) in [5.41, 5.74) is 1.67. The van der Waals surface area contributed by atoms with E-state index in [0.717, 1.165) is 51.8 Å². The largest absolute Gasteiger partial charge is 0.489 e. The SMILES string of the molecule is Cc1nocc1NC(=O)C1CCC(C)O1.Fc1cccc(OCCN2CC3(COC3)C2)c1F. The molecule has 0 bridgehead atoms. The van der Waals surface area contributed by atoms with Gasteiger partial charge in [-0.25, -0.2) is 4.39 Å². The predicted octanol–water partition coefficient (Wildman–Crippen LogP) is 3.16. The van der Waals surface area contributed by atoms with Crippen LogP contribution in [0.5, 0.6) is 5.75 Å². The fourth-order valence-corrected chi connectivity index (χ4v) is 4.14. The molecule has 3 aliphatic rings. The molecule has 1 amide bonds. The van der Waals surface area contributed by atoms with Crippen molar-refractivity contribution in [2.24, 2.45) is 5.41 Å². The van der Waals surface area contributed by atoms with Gasteiger partial charge in [-0.15, -0.1) is 0 Å². The van der Waals surface area contributed by atoms with Crippen LogP contribution in [-0.2, 0) is 14.3 Å². The van der Waals surface area contributed by atoms with Gasteiger partial charge in [0.15, 0.2) is 11.6 Å². The fraction of sp³-hybridized carbons (Fsp3) is 0.565. The molecule has 3 fully saturated rings. The molecule has 1 aromatic heterocycles. The molecule has 0 aliphatic carbocycles. The monoisotopic (exact) mass is 465 g/mol. The first-order chi connectivity index (χ1) is 15.8. The third kappa shape index (κ3) is 5.69. The van der Waals surface area contributed by atoms with E-state index in [1.807, 2.05) is 6.92 Å². The molecule has 1 N–H and O–H groups in total. The second kappa shape index (κ2) is 10.1. The van der Waals surface area contributed by atoms with Gasteiger partial charge in [-0.1, -0.05) is 11.2 Å². The molecule has 2 unspecified atom stereocenters. The third-order valence-corrected chi connectivity index (χ3v) is 6.05. The Balaban J connectivity index is 0.000000160. The van der Waals surface area contributed by atoms with Crippen LogP contribution in [-0.4, -0.2) is 67.6 Å². The van der Waals surface area contributed by atoms with Crippen LogP contribution in [0, 0.1) is 24.0 Å². The lowest BCUT2D eigenvalue weighted by Gasteiger charge is -2.55. The number of nitrogens with one attached hydrogen (secondary N) is 1. The maximum atomic E-state index is 13.3. The molecule has 33 heavy (non-hydrogen) atoms. The van der Waals surface area contributed by atoms with Crippen LogP contribution in [0.1, 0.15) is 25.5 Å². The maximum Gasteiger partial charge on any atom is 0.253 e. The maximum absolute atomic E-state index is 13.3. The number of nitrogens with zero attached hydrogens (tertiary/aromatic N) is 2. The van der Waals surface area contributed by atoms with Crippen LogP contribution in [0.15, 0.2) is 29.0 Å². The zero-order valence-electron chi connectivity index (χ0n) is 18.8. The molecule has 180 valence electrons. The highest BCUT2D eigenvalue weighted by atomic mass is 19.2. The normalized spacial score (nSPS) is 23.3. The van der Waals surface area contributed by atoms with Gasteiger partial charge >= 0.3 is 0 Å². The van der Waals surface area contributed by atoms with Crippen molar-refractivity contribution in [3.05, 3.63) is 41.8 Å². The number of likely N-dealkylation sites (tertiary alicyclic amines) is 1. The third-order valence-electron chi connectivity index (χ3n) is 6.05. The van der Waals surface area contributed by atoms with Crippen molar-refractivity contribution in [1.29, 1.82) is 0 Å². The number of hydrogen-bond donors (Lipinski definition) is 1. The smallest absolute Gasteiger partial charge is 0.253 e. The van der Waals surface area contributed by atoms with E-state index >= 15 is 0 Å². The van der Waals surface area contributed by atoms with Gasteiger partial charge in [0.2, 0.25) is 5.82 Å². The van der Waals surface area contributed by atoms with Gasteiger partial charge in [-0.3, -0.25) is 9.69 Å². The van der Waals surface area contributed by atoms with Crippen LogP contribution in [0.3, 0.4) is 0 Å². The quantitative estimate of drug-likeness (QED) is 0.701. The summed E-state index contributed by atoms with van der Waals surface area (Å²) in [4.78, 5) is 13.9. The van der Waals surface area contributed by atoms with E-state index in [1.54, 1.807) is 6.92 Å². The molecule has 5 rings (SSSR count). The van der Waals surface area contributed by atoms with Crippen molar-refractivity contribution in [1.82, 2.24) is 10.1 Å². The van der Waals surface area contributed by atoms with Crippen LogP contribution in [0.25, 0.3) is 0 Å². The molecule has 0 radical (unpaired) electrons. The molecule has 2 aromatic rings. The van der Waals surface area contributed by atoms with Gasteiger partial charge in [0, 0.05) is 25.0 Å². The summed E-state index contributed by atoms with van der Waals surface area (Å²) in [6.07, 6.45) is 2.96. The zero-order valence-corrected chi connectivity index (χ0v) is 18.8. The minimum atomic E-state index is -0.912. The number of carbonyl (C=O) groups excluding carboxylic acids is 1. The number of amides is 1. The molecular formula is C23H29F2N3O5. The Hall–Kier alpha value is -2.56. The van der Waals surface area contributed by atoms with Crippen LogP contribution in [0.4, 0.5) is 14.5 Å². The van der Waals surface area contributed by atoms with Gasteiger partial charge in [0.05, 0.1) is 19.3 Å². The summed E-state index contributed by atoms with van der Waals surface area (Å²) in [5.74, 6) is -1.92. The van der Waals surface area contributed by atoms with Crippen LogP contribution in [0.2, 0.25) is 0 Å². The molecule has 3 aliphatic heterocycles. The lowest BCUT2D eigenvalue weighted by Crippen LogP contribution is -2.66. The predicted molar refractivity (Wildman–Crippen MR) is 115 cm³/mol. The molecule has 3 saturated heterocycles. The number of anilines is 1. The Morgan fingerprint density at radius 2 is 2.09 bits per heavy atom. The van der Waals surface area contributed by atoms with E-state index in [9.17, 15) is 13.6 Å². The summed E-state index contributed by atoms with van der Waals surface area (Å²) in [5, 5.41) is 6.41. The number of aromatic nitrogens is 1. The Kier molecular flexibility index (Phi) is 7.26. The molecule has 0 saturated carbocycles. The van der Waals surface area contributed by atoms with Gasteiger partial charge in [-0.2, -0.15) is 4.39 Å². The van der Waals surface area contributed by atoms with Crippen molar-refractivity contribution < 1.29 is 32.3 Å². The van der Waals surface area contributed by atoms with E-state index in [0.29, 0.717) is 23.4 Å². The topological polar surface area (TPSA) is 86.1 Å². The molecule has 4 heterocycles. The van der Waals surface area contributed by atoms with Crippen molar-refractivity contribution in [3.8, 4) is 5.75 Å². The van der Waals surface area contributed by atoms with E-state index in [2.05, 4.69) is 15.4 Å². The Morgan fingerprint density at radius 3 is 2.70 bits per heavy atom. The zero-order chi connectivity index (χ0) is 23.4. The molecule has 8 nitrogen and oxygen atoms in total. The first-order valence-electron chi connectivity index (χ1n) is 11.1. The van der Waals surface area contributed by atoms with E-state index < -0.39 is 11.6 Å². The van der Waals surface area contributed by atoms with Gasteiger partial charge in [-0.05, 0) is 38.8 Å². The number of aryl methyl sites for hydroxylation is 1. The van der Waals surface area contributed by atoms with E-state index in [4.69, 9.17) is 18.7 Å². The standard InChI is InChI=1S/C13H15F2NO2.C10H14N2O3/c14-10-2-1-3-11(12(10)15)18-5-4-16-6-13(7-16)8-17-9-13;1-6-3-4-9(15-6)10(13)11-8-5-14-12-7(8)2/h1-3H,4-9H2;5-6,9H,3-4H2,1-2H3,(H,11,13). The molecule has 1 aromatic carbocycles. The molecule has 10 heteroatoms. The van der Waals surface area contributed by atoms with Crippen molar-refractivity contribution in [2.45, 2.75) is 38.9 Å². The Morgan fingerprint density at radius 1 is 1.30 bits per heavy atom. The van der Waals surface area contributed by atoms with Gasteiger partial charge in [0.25, 0.3) is 5.91 Å². The van der Waals surface area contributed by atoms with Crippen LogP contribution >= 0.6 is 0 Å². The number of halogens is 2. The van der Waals surface area contributed by atoms with Gasteiger partial charge < -0.3 is 24.1 Å². The molecule has 2 atom stereocenters.